The first-order valence-electron chi connectivity index (χ1n) is 7.26. The van der Waals surface area contributed by atoms with E-state index < -0.39 is 0 Å². The van der Waals surface area contributed by atoms with E-state index in [9.17, 15) is 0 Å². The molecule has 1 aromatic heterocycles. The van der Waals surface area contributed by atoms with Crippen molar-refractivity contribution in [1.29, 1.82) is 0 Å². The van der Waals surface area contributed by atoms with Gasteiger partial charge in [-0.25, -0.2) is 0 Å². The summed E-state index contributed by atoms with van der Waals surface area (Å²) in [6.07, 6.45) is 8.53. The molecule has 1 saturated carbocycles. The molecule has 0 amide bonds. The molecule has 0 spiro atoms. The molecule has 1 fully saturated rings. The summed E-state index contributed by atoms with van der Waals surface area (Å²) in [5.74, 6) is 2.53. The Bertz CT molecular complexity index is 354. The third kappa shape index (κ3) is 3.55. The first kappa shape index (κ1) is 13.5. The lowest BCUT2D eigenvalue weighted by atomic mass is 10.00. The third-order valence-electron chi connectivity index (χ3n) is 3.72. The van der Waals surface area contributed by atoms with Crippen LogP contribution in [0.25, 0.3) is 0 Å². The average Bonchev–Trinajstić information content (AvgIpc) is 2.65. The molecule has 102 valence electrons. The molecule has 4 heteroatoms. The predicted molar refractivity (Wildman–Crippen MR) is 71.1 cm³/mol. The normalized spacial score (nSPS) is 20.0. The summed E-state index contributed by atoms with van der Waals surface area (Å²) in [6, 6.07) is -0.114. The molecule has 0 aromatic carbocycles. The molecule has 1 atom stereocenters. The summed E-state index contributed by atoms with van der Waals surface area (Å²) in [7, 11) is 0. The number of nitrogens with zero attached hydrogens (tertiary/aromatic N) is 2. The van der Waals surface area contributed by atoms with E-state index in [-0.39, 0.29) is 6.04 Å². The van der Waals surface area contributed by atoms with Crippen LogP contribution in [0, 0.1) is 5.92 Å². The summed E-state index contributed by atoms with van der Waals surface area (Å²) < 4.78 is 5.34. The number of aromatic nitrogens is 2. The van der Waals surface area contributed by atoms with Gasteiger partial charge in [-0.2, -0.15) is 4.98 Å². The van der Waals surface area contributed by atoms with Gasteiger partial charge in [0, 0.05) is 5.92 Å². The van der Waals surface area contributed by atoms with Crippen molar-refractivity contribution in [1.82, 2.24) is 10.1 Å². The fraction of sp³-hybridized carbons (Fsp3) is 0.857. The van der Waals surface area contributed by atoms with E-state index in [1.165, 1.54) is 38.5 Å². The maximum absolute atomic E-state index is 6.07. The monoisotopic (exact) mass is 251 g/mol. The lowest BCUT2D eigenvalue weighted by Crippen LogP contribution is -2.13. The Morgan fingerprint density at radius 2 is 1.89 bits per heavy atom. The Labute approximate surface area is 109 Å². The summed E-state index contributed by atoms with van der Waals surface area (Å²) in [4.78, 5) is 4.53. The molecule has 2 N–H and O–H groups in total. The lowest BCUT2D eigenvalue weighted by Gasteiger charge is -2.09. The predicted octanol–water partition coefficient (Wildman–Crippen LogP) is 3.55. The van der Waals surface area contributed by atoms with Crippen molar-refractivity contribution in [2.24, 2.45) is 11.7 Å². The van der Waals surface area contributed by atoms with Crippen molar-refractivity contribution in [3.8, 4) is 0 Å². The van der Waals surface area contributed by atoms with Gasteiger partial charge in [0.15, 0.2) is 5.82 Å². The van der Waals surface area contributed by atoms with Gasteiger partial charge in [-0.05, 0) is 25.2 Å². The van der Waals surface area contributed by atoms with Gasteiger partial charge in [0.2, 0.25) is 5.89 Å². The van der Waals surface area contributed by atoms with Crippen LogP contribution in [-0.2, 0) is 0 Å². The maximum Gasteiger partial charge on any atom is 0.243 e. The highest BCUT2D eigenvalue weighted by atomic mass is 16.5. The summed E-state index contributed by atoms with van der Waals surface area (Å²) in [5.41, 5.74) is 6.07. The zero-order chi connectivity index (χ0) is 13.0. The molecule has 2 rings (SSSR count). The minimum Gasteiger partial charge on any atom is -0.338 e. The maximum atomic E-state index is 6.07. The number of nitrogens with two attached hydrogens (primary N) is 1. The van der Waals surface area contributed by atoms with Crippen molar-refractivity contribution in [3.63, 3.8) is 0 Å². The standard InChI is InChI=1S/C14H25N3O/c1-10(2)9-12(15)14-16-13(17-18-14)11-7-5-3-4-6-8-11/h10-12H,3-9,15H2,1-2H3. The smallest absolute Gasteiger partial charge is 0.243 e. The fourth-order valence-corrected chi connectivity index (χ4v) is 2.71. The van der Waals surface area contributed by atoms with E-state index in [0.717, 1.165) is 12.2 Å². The zero-order valence-corrected chi connectivity index (χ0v) is 11.6. The van der Waals surface area contributed by atoms with Gasteiger partial charge in [0.05, 0.1) is 6.04 Å². The molecule has 1 heterocycles. The van der Waals surface area contributed by atoms with Crippen LogP contribution in [0.2, 0.25) is 0 Å². The van der Waals surface area contributed by atoms with Crippen molar-refractivity contribution in [3.05, 3.63) is 11.7 Å². The van der Waals surface area contributed by atoms with E-state index >= 15 is 0 Å². The molecule has 0 bridgehead atoms. The average molecular weight is 251 g/mol. The van der Waals surface area contributed by atoms with Gasteiger partial charge in [-0.1, -0.05) is 44.7 Å². The highest BCUT2D eigenvalue weighted by molar-refractivity contribution is 4.98. The second-order valence-corrected chi connectivity index (χ2v) is 5.92. The van der Waals surface area contributed by atoms with Crippen molar-refractivity contribution >= 4 is 0 Å². The summed E-state index contributed by atoms with van der Waals surface area (Å²) >= 11 is 0. The molecule has 1 unspecified atom stereocenters. The highest BCUT2D eigenvalue weighted by Crippen LogP contribution is 2.30. The van der Waals surface area contributed by atoms with Crippen LogP contribution in [-0.4, -0.2) is 10.1 Å². The van der Waals surface area contributed by atoms with Gasteiger partial charge in [-0.15, -0.1) is 0 Å². The molecule has 0 saturated heterocycles. The number of rotatable bonds is 4. The molecular weight excluding hydrogens is 226 g/mol. The van der Waals surface area contributed by atoms with Crippen molar-refractivity contribution < 1.29 is 4.52 Å². The Hall–Kier alpha value is -0.900. The third-order valence-corrected chi connectivity index (χ3v) is 3.72. The molecule has 1 aliphatic carbocycles. The number of hydrogen-bond acceptors (Lipinski definition) is 4. The molecule has 4 nitrogen and oxygen atoms in total. The molecule has 18 heavy (non-hydrogen) atoms. The van der Waals surface area contributed by atoms with E-state index in [1.54, 1.807) is 0 Å². The molecule has 0 aliphatic heterocycles. The molecule has 0 radical (unpaired) electrons. The van der Waals surface area contributed by atoms with E-state index in [2.05, 4.69) is 24.0 Å². The largest absolute Gasteiger partial charge is 0.338 e. The van der Waals surface area contributed by atoms with Gasteiger partial charge < -0.3 is 10.3 Å². The van der Waals surface area contributed by atoms with Crippen LogP contribution in [0.4, 0.5) is 0 Å². The summed E-state index contributed by atoms with van der Waals surface area (Å²) in [6.45, 7) is 4.31. The van der Waals surface area contributed by atoms with Crippen molar-refractivity contribution in [2.75, 3.05) is 0 Å². The second-order valence-electron chi connectivity index (χ2n) is 5.92. The van der Waals surface area contributed by atoms with E-state index in [0.29, 0.717) is 17.7 Å². The van der Waals surface area contributed by atoms with Gasteiger partial charge in [0.25, 0.3) is 0 Å². The Balaban J connectivity index is 2.00. The van der Waals surface area contributed by atoms with Crippen LogP contribution in [0.5, 0.6) is 0 Å². The van der Waals surface area contributed by atoms with E-state index in [1.807, 2.05) is 0 Å². The topological polar surface area (TPSA) is 64.9 Å². The van der Waals surface area contributed by atoms with Crippen molar-refractivity contribution in [2.45, 2.75) is 70.8 Å². The highest BCUT2D eigenvalue weighted by Gasteiger charge is 2.22. The van der Waals surface area contributed by atoms with Crippen LogP contribution in [0.15, 0.2) is 4.52 Å². The lowest BCUT2D eigenvalue weighted by molar-refractivity contribution is 0.329. The molecule has 1 aromatic rings. The van der Waals surface area contributed by atoms with Crippen LogP contribution in [0.3, 0.4) is 0 Å². The first-order valence-corrected chi connectivity index (χ1v) is 7.26. The van der Waals surface area contributed by atoms with E-state index in [4.69, 9.17) is 10.3 Å². The molecular formula is C14H25N3O. The Kier molecular flexibility index (Phi) is 4.75. The SMILES string of the molecule is CC(C)CC(N)c1nc(C2CCCCCC2)no1. The second kappa shape index (κ2) is 6.32. The number of hydrogen-bond donors (Lipinski definition) is 1. The van der Waals surface area contributed by atoms with Gasteiger partial charge in [0.1, 0.15) is 0 Å². The van der Waals surface area contributed by atoms with Crippen LogP contribution >= 0.6 is 0 Å². The Morgan fingerprint density at radius 3 is 2.50 bits per heavy atom. The quantitative estimate of drug-likeness (QED) is 0.831. The minimum atomic E-state index is -0.114. The zero-order valence-electron chi connectivity index (χ0n) is 11.6. The van der Waals surface area contributed by atoms with Gasteiger partial charge in [-0.3, -0.25) is 0 Å². The van der Waals surface area contributed by atoms with Crippen LogP contribution in [0.1, 0.15) is 82.5 Å². The van der Waals surface area contributed by atoms with Crippen LogP contribution < -0.4 is 5.73 Å². The first-order chi connectivity index (χ1) is 8.66. The fourth-order valence-electron chi connectivity index (χ4n) is 2.71. The molecule has 1 aliphatic rings. The minimum absolute atomic E-state index is 0.114. The summed E-state index contributed by atoms with van der Waals surface area (Å²) in [5, 5.41) is 4.14. The van der Waals surface area contributed by atoms with Gasteiger partial charge >= 0.3 is 0 Å². The Morgan fingerprint density at radius 1 is 1.22 bits per heavy atom.